The Hall–Kier alpha value is -1.86. The minimum Gasteiger partial charge on any atom is -0.310 e. The Labute approximate surface area is 180 Å². The Morgan fingerprint density at radius 1 is 1.17 bits per heavy atom. The van der Waals surface area contributed by atoms with E-state index in [4.69, 9.17) is 0 Å². The molecule has 154 valence electrons. The summed E-state index contributed by atoms with van der Waals surface area (Å²) in [6.07, 6.45) is 2.46. The number of carbonyl (C=O) groups excluding carboxylic acids is 1. The fraction of sp³-hybridized carbons (Fsp3) is 0.409. The zero-order valence-corrected chi connectivity index (χ0v) is 19.3. The second-order valence-corrected chi connectivity index (χ2v) is 10.6. The number of aryl methyl sites for hydroxylation is 2. The standard InChI is InChI=1S/C22H25BrN2O3S/c1-4-25(19-8-5-14(2)15(3)11-19)29(27,28)20-13-18(23)12-17-9-10-24(21(17)20)22(26)16-6-7-16/h5,8,11-13,16H,4,6-7,9-10H2,1-3H3. The van der Waals surface area contributed by atoms with Gasteiger partial charge >= 0.3 is 0 Å². The zero-order valence-electron chi connectivity index (χ0n) is 16.9. The second-order valence-electron chi connectivity index (χ2n) is 7.86. The number of sulfonamides is 1. The molecule has 2 aromatic carbocycles. The van der Waals surface area contributed by atoms with E-state index in [2.05, 4.69) is 15.9 Å². The van der Waals surface area contributed by atoms with Gasteiger partial charge in [0.15, 0.2) is 0 Å². The molecule has 0 bridgehead atoms. The summed E-state index contributed by atoms with van der Waals surface area (Å²) in [5, 5.41) is 0. The molecule has 0 saturated heterocycles. The minimum absolute atomic E-state index is 0.0437. The molecular weight excluding hydrogens is 452 g/mol. The van der Waals surface area contributed by atoms with Crippen molar-refractivity contribution in [2.24, 2.45) is 5.92 Å². The summed E-state index contributed by atoms with van der Waals surface area (Å²) < 4.78 is 29.7. The first-order chi connectivity index (χ1) is 13.7. The number of anilines is 2. The average Bonchev–Trinajstić information content (AvgIpc) is 3.43. The van der Waals surface area contributed by atoms with E-state index in [0.717, 1.165) is 29.5 Å². The number of hydrogen-bond donors (Lipinski definition) is 0. The van der Waals surface area contributed by atoms with E-state index in [0.29, 0.717) is 35.4 Å². The first kappa shape index (κ1) is 20.4. The highest BCUT2D eigenvalue weighted by atomic mass is 79.9. The van der Waals surface area contributed by atoms with Crippen molar-refractivity contribution >= 4 is 43.2 Å². The maximum absolute atomic E-state index is 13.8. The van der Waals surface area contributed by atoms with Crippen molar-refractivity contribution in [2.75, 3.05) is 22.3 Å². The first-order valence-corrected chi connectivity index (χ1v) is 12.2. The molecule has 1 amide bonds. The van der Waals surface area contributed by atoms with Gasteiger partial charge < -0.3 is 4.90 Å². The van der Waals surface area contributed by atoms with Crippen molar-refractivity contribution in [3.8, 4) is 0 Å². The Bertz CT molecular complexity index is 1090. The van der Waals surface area contributed by atoms with Crippen molar-refractivity contribution in [1.29, 1.82) is 0 Å². The minimum atomic E-state index is -3.84. The van der Waals surface area contributed by atoms with Crippen LogP contribution in [0.5, 0.6) is 0 Å². The smallest absolute Gasteiger partial charge is 0.266 e. The molecule has 1 aliphatic heterocycles. The molecule has 0 spiro atoms. The lowest BCUT2D eigenvalue weighted by Gasteiger charge is -2.27. The number of fused-ring (bicyclic) bond motifs is 1. The average molecular weight is 477 g/mol. The molecule has 2 aliphatic rings. The van der Waals surface area contributed by atoms with E-state index in [-0.39, 0.29) is 16.7 Å². The number of carbonyl (C=O) groups is 1. The van der Waals surface area contributed by atoms with Crippen LogP contribution in [-0.2, 0) is 21.2 Å². The van der Waals surface area contributed by atoms with Gasteiger partial charge in [0.2, 0.25) is 5.91 Å². The summed E-state index contributed by atoms with van der Waals surface area (Å²) in [6, 6.07) is 9.25. The molecule has 1 aliphatic carbocycles. The fourth-order valence-corrected chi connectivity index (χ4v) is 6.31. The van der Waals surface area contributed by atoms with E-state index >= 15 is 0 Å². The van der Waals surface area contributed by atoms with Crippen LogP contribution in [-0.4, -0.2) is 27.4 Å². The van der Waals surface area contributed by atoms with Crippen LogP contribution < -0.4 is 9.21 Å². The van der Waals surface area contributed by atoms with Gasteiger partial charge in [0.25, 0.3) is 10.0 Å². The van der Waals surface area contributed by atoms with Gasteiger partial charge in [0.05, 0.1) is 11.4 Å². The summed E-state index contributed by atoms with van der Waals surface area (Å²) >= 11 is 3.47. The van der Waals surface area contributed by atoms with Crippen LogP contribution in [0.15, 0.2) is 39.7 Å². The molecule has 5 nitrogen and oxygen atoms in total. The fourth-order valence-electron chi connectivity index (χ4n) is 3.93. The number of nitrogens with zero attached hydrogens (tertiary/aromatic N) is 2. The lowest BCUT2D eigenvalue weighted by atomic mass is 10.1. The summed E-state index contributed by atoms with van der Waals surface area (Å²) in [4.78, 5) is 14.7. The molecule has 0 aromatic heterocycles. The van der Waals surface area contributed by atoms with Crippen molar-refractivity contribution < 1.29 is 13.2 Å². The highest BCUT2D eigenvalue weighted by molar-refractivity contribution is 9.10. The third-order valence-electron chi connectivity index (χ3n) is 5.82. The molecule has 1 fully saturated rings. The van der Waals surface area contributed by atoms with Gasteiger partial charge in [-0.2, -0.15) is 0 Å². The van der Waals surface area contributed by atoms with Crippen LogP contribution in [0.1, 0.15) is 36.5 Å². The number of rotatable bonds is 5. The van der Waals surface area contributed by atoms with E-state index in [1.807, 2.05) is 45.0 Å². The maximum atomic E-state index is 13.8. The highest BCUT2D eigenvalue weighted by Crippen LogP contribution is 2.42. The lowest BCUT2D eigenvalue weighted by molar-refractivity contribution is -0.119. The molecular formula is C22H25BrN2O3S. The zero-order chi connectivity index (χ0) is 20.9. The van der Waals surface area contributed by atoms with Gasteiger partial charge in [-0.3, -0.25) is 9.10 Å². The van der Waals surface area contributed by atoms with Crippen LogP contribution >= 0.6 is 15.9 Å². The van der Waals surface area contributed by atoms with Crippen LogP contribution in [0, 0.1) is 19.8 Å². The maximum Gasteiger partial charge on any atom is 0.266 e. The third-order valence-corrected chi connectivity index (χ3v) is 8.19. The van der Waals surface area contributed by atoms with Crippen molar-refractivity contribution in [3.63, 3.8) is 0 Å². The van der Waals surface area contributed by atoms with Gasteiger partial charge in [-0.1, -0.05) is 22.0 Å². The Morgan fingerprint density at radius 3 is 2.52 bits per heavy atom. The van der Waals surface area contributed by atoms with Crippen molar-refractivity contribution in [2.45, 2.75) is 44.9 Å². The molecule has 0 unspecified atom stereocenters. The molecule has 7 heteroatoms. The number of benzene rings is 2. The predicted octanol–water partition coefficient (Wildman–Crippen LogP) is 4.58. The first-order valence-electron chi connectivity index (χ1n) is 9.97. The Morgan fingerprint density at radius 2 is 1.90 bits per heavy atom. The topological polar surface area (TPSA) is 57.7 Å². The predicted molar refractivity (Wildman–Crippen MR) is 119 cm³/mol. The van der Waals surface area contributed by atoms with Crippen LogP contribution in [0.4, 0.5) is 11.4 Å². The van der Waals surface area contributed by atoms with E-state index in [1.54, 1.807) is 11.0 Å². The quantitative estimate of drug-likeness (QED) is 0.634. The molecule has 2 aromatic rings. The van der Waals surface area contributed by atoms with Gasteiger partial charge in [-0.25, -0.2) is 8.42 Å². The third kappa shape index (κ3) is 3.59. The van der Waals surface area contributed by atoms with Crippen LogP contribution in [0.3, 0.4) is 0 Å². The molecule has 0 N–H and O–H groups in total. The Kier molecular flexibility index (Phi) is 5.23. The lowest BCUT2D eigenvalue weighted by Crippen LogP contribution is -2.35. The summed E-state index contributed by atoms with van der Waals surface area (Å²) in [5.41, 5.74) is 4.27. The molecule has 0 radical (unpaired) electrons. The van der Waals surface area contributed by atoms with Gasteiger partial charge in [-0.15, -0.1) is 0 Å². The molecule has 1 saturated carbocycles. The van der Waals surface area contributed by atoms with E-state index < -0.39 is 10.0 Å². The Balaban J connectivity index is 1.84. The molecule has 29 heavy (non-hydrogen) atoms. The number of halogens is 1. The normalized spacial score (nSPS) is 16.1. The second kappa shape index (κ2) is 7.43. The highest BCUT2D eigenvalue weighted by Gasteiger charge is 2.40. The van der Waals surface area contributed by atoms with E-state index in [1.165, 1.54) is 4.31 Å². The van der Waals surface area contributed by atoms with Gasteiger partial charge in [-0.05, 0) is 81.0 Å². The summed E-state index contributed by atoms with van der Waals surface area (Å²) in [5.74, 6) is 0.0962. The van der Waals surface area contributed by atoms with Gasteiger partial charge in [0.1, 0.15) is 4.90 Å². The summed E-state index contributed by atoms with van der Waals surface area (Å²) in [7, 11) is -3.84. The van der Waals surface area contributed by atoms with Gasteiger partial charge in [0, 0.05) is 23.5 Å². The largest absolute Gasteiger partial charge is 0.310 e. The summed E-state index contributed by atoms with van der Waals surface area (Å²) in [6.45, 7) is 6.67. The number of hydrogen-bond acceptors (Lipinski definition) is 3. The molecule has 4 rings (SSSR count). The number of amides is 1. The van der Waals surface area contributed by atoms with Crippen LogP contribution in [0.25, 0.3) is 0 Å². The van der Waals surface area contributed by atoms with E-state index in [9.17, 15) is 13.2 Å². The van der Waals surface area contributed by atoms with Crippen molar-refractivity contribution in [1.82, 2.24) is 0 Å². The monoisotopic (exact) mass is 476 g/mol. The van der Waals surface area contributed by atoms with Crippen molar-refractivity contribution in [3.05, 3.63) is 51.5 Å². The molecule has 1 heterocycles. The van der Waals surface area contributed by atoms with Crippen LogP contribution in [0.2, 0.25) is 0 Å². The molecule has 0 atom stereocenters. The SMILES string of the molecule is CCN(c1ccc(C)c(C)c1)S(=O)(=O)c1cc(Br)cc2c1N(C(=O)C1CC1)CC2.